The topological polar surface area (TPSA) is 32.3 Å². The Morgan fingerprint density at radius 1 is 1.14 bits per heavy atom. The van der Waals surface area contributed by atoms with E-state index in [0.717, 1.165) is 62.4 Å². The van der Waals surface area contributed by atoms with Crippen molar-refractivity contribution in [3.8, 4) is 0 Å². The van der Waals surface area contributed by atoms with E-state index >= 15 is 0 Å². The van der Waals surface area contributed by atoms with E-state index in [1.54, 1.807) is 0 Å². The van der Waals surface area contributed by atoms with Crippen LogP contribution in [0.15, 0.2) is 24.3 Å². The second-order valence-corrected chi connectivity index (χ2v) is 6.63. The van der Waals surface area contributed by atoms with Crippen molar-refractivity contribution in [2.45, 2.75) is 37.5 Å². The zero-order valence-corrected chi connectivity index (χ0v) is 13.2. The van der Waals surface area contributed by atoms with Crippen molar-refractivity contribution in [2.24, 2.45) is 0 Å². The predicted molar refractivity (Wildman–Crippen MR) is 85.7 cm³/mol. The van der Waals surface area contributed by atoms with Crippen molar-refractivity contribution in [2.75, 3.05) is 26.2 Å². The van der Waals surface area contributed by atoms with Gasteiger partial charge in [0.05, 0.1) is 5.41 Å². The van der Waals surface area contributed by atoms with Gasteiger partial charge in [-0.1, -0.05) is 43.0 Å². The lowest BCUT2D eigenvalue weighted by atomic mass is 9.68. The highest BCUT2D eigenvalue weighted by Crippen LogP contribution is 2.41. The lowest BCUT2D eigenvalue weighted by Crippen LogP contribution is -2.54. The normalized spacial score (nSPS) is 22.0. The maximum atomic E-state index is 13.2. The molecule has 0 bridgehead atoms. The summed E-state index contributed by atoms with van der Waals surface area (Å²) >= 11 is 6.18. The maximum Gasteiger partial charge on any atom is 0.233 e. The maximum absolute atomic E-state index is 13.2. The number of benzene rings is 1. The highest BCUT2D eigenvalue weighted by Gasteiger charge is 2.43. The molecule has 3 rings (SSSR count). The minimum absolute atomic E-state index is 0.311. The minimum Gasteiger partial charge on any atom is -0.339 e. The van der Waals surface area contributed by atoms with Crippen molar-refractivity contribution >= 4 is 17.5 Å². The lowest BCUT2D eigenvalue weighted by Gasteiger charge is -2.41. The molecule has 1 heterocycles. The van der Waals surface area contributed by atoms with Crippen LogP contribution in [-0.2, 0) is 10.2 Å². The van der Waals surface area contributed by atoms with Crippen LogP contribution in [0.1, 0.15) is 37.7 Å². The average Bonchev–Trinajstić information content (AvgIpc) is 2.55. The van der Waals surface area contributed by atoms with Crippen LogP contribution < -0.4 is 5.32 Å². The van der Waals surface area contributed by atoms with E-state index in [1.165, 1.54) is 6.42 Å². The number of hydrogen-bond donors (Lipinski definition) is 1. The number of nitrogens with zero attached hydrogens (tertiary/aromatic N) is 1. The van der Waals surface area contributed by atoms with E-state index < -0.39 is 0 Å². The zero-order chi connectivity index (χ0) is 14.7. The number of nitrogens with one attached hydrogen (secondary N) is 1. The number of piperazine rings is 1. The molecule has 1 N–H and O–H groups in total. The molecule has 1 amide bonds. The fourth-order valence-corrected chi connectivity index (χ4v) is 3.93. The Kier molecular flexibility index (Phi) is 4.51. The van der Waals surface area contributed by atoms with Gasteiger partial charge >= 0.3 is 0 Å². The molecule has 2 fully saturated rings. The van der Waals surface area contributed by atoms with Crippen LogP contribution in [0.4, 0.5) is 0 Å². The first kappa shape index (κ1) is 14.9. The van der Waals surface area contributed by atoms with E-state index in [4.69, 9.17) is 11.6 Å². The average molecular weight is 307 g/mol. The van der Waals surface area contributed by atoms with E-state index in [2.05, 4.69) is 11.4 Å². The SMILES string of the molecule is O=C(N1CCNCC1)C1(c2cccc(Cl)c2)CCCCC1. The molecule has 0 spiro atoms. The van der Waals surface area contributed by atoms with Gasteiger partial charge < -0.3 is 10.2 Å². The molecule has 1 saturated heterocycles. The summed E-state index contributed by atoms with van der Waals surface area (Å²) in [6, 6.07) is 7.93. The quantitative estimate of drug-likeness (QED) is 0.911. The summed E-state index contributed by atoms with van der Waals surface area (Å²) in [6.07, 6.45) is 5.40. The summed E-state index contributed by atoms with van der Waals surface area (Å²) in [6.45, 7) is 3.44. The molecule has 4 heteroatoms. The van der Waals surface area contributed by atoms with Crippen LogP contribution in [0.25, 0.3) is 0 Å². The molecule has 0 atom stereocenters. The van der Waals surface area contributed by atoms with E-state index in [9.17, 15) is 4.79 Å². The van der Waals surface area contributed by atoms with E-state index in [0.29, 0.717) is 5.91 Å². The molecular formula is C17H23ClN2O. The molecule has 3 nitrogen and oxygen atoms in total. The Morgan fingerprint density at radius 2 is 1.86 bits per heavy atom. The molecule has 1 aliphatic heterocycles. The van der Waals surface area contributed by atoms with Gasteiger partial charge in [0.25, 0.3) is 0 Å². The van der Waals surface area contributed by atoms with Crippen LogP contribution in [0.3, 0.4) is 0 Å². The van der Waals surface area contributed by atoms with Gasteiger partial charge in [-0.25, -0.2) is 0 Å². The van der Waals surface area contributed by atoms with Crippen molar-refractivity contribution in [1.82, 2.24) is 10.2 Å². The van der Waals surface area contributed by atoms with Crippen LogP contribution >= 0.6 is 11.6 Å². The van der Waals surface area contributed by atoms with Gasteiger partial charge in [-0.15, -0.1) is 0 Å². The third-order valence-electron chi connectivity index (χ3n) is 4.90. The number of rotatable bonds is 2. The van der Waals surface area contributed by atoms with E-state index in [-0.39, 0.29) is 5.41 Å². The van der Waals surface area contributed by atoms with Crippen LogP contribution in [-0.4, -0.2) is 37.0 Å². The summed E-state index contributed by atoms with van der Waals surface area (Å²) in [5.41, 5.74) is 0.763. The first-order chi connectivity index (χ1) is 10.2. The van der Waals surface area contributed by atoms with Crippen molar-refractivity contribution in [3.05, 3.63) is 34.9 Å². The smallest absolute Gasteiger partial charge is 0.233 e. The van der Waals surface area contributed by atoms with Crippen molar-refractivity contribution < 1.29 is 4.79 Å². The summed E-state index contributed by atoms with van der Waals surface area (Å²) < 4.78 is 0. The fourth-order valence-electron chi connectivity index (χ4n) is 3.74. The molecule has 21 heavy (non-hydrogen) atoms. The number of amides is 1. The Morgan fingerprint density at radius 3 is 2.52 bits per heavy atom. The van der Waals surface area contributed by atoms with Crippen molar-refractivity contribution in [3.63, 3.8) is 0 Å². The summed E-state index contributed by atoms with van der Waals surface area (Å²) in [4.78, 5) is 15.3. The first-order valence-corrected chi connectivity index (χ1v) is 8.36. The summed E-state index contributed by atoms with van der Waals surface area (Å²) in [5, 5.41) is 4.05. The highest BCUT2D eigenvalue weighted by molar-refractivity contribution is 6.30. The summed E-state index contributed by atoms with van der Waals surface area (Å²) in [5.74, 6) is 0.311. The number of carbonyl (C=O) groups is 1. The molecule has 2 aliphatic rings. The van der Waals surface area contributed by atoms with Gasteiger partial charge in [-0.05, 0) is 30.5 Å². The van der Waals surface area contributed by atoms with E-state index in [1.807, 2.05) is 23.1 Å². The lowest BCUT2D eigenvalue weighted by molar-refractivity contribution is -0.139. The van der Waals surface area contributed by atoms with Crippen LogP contribution in [0, 0.1) is 0 Å². The molecule has 0 aromatic heterocycles. The standard InChI is InChI=1S/C17H23ClN2O/c18-15-6-4-5-14(13-15)17(7-2-1-3-8-17)16(21)20-11-9-19-10-12-20/h4-6,13,19H,1-3,7-12H2. The van der Waals surface area contributed by atoms with Gasteiger partial charge in [0.15, 0.2) is 0 Å². The number of halogens is 1. The van der Waals surface area contributed by atoms with Gasteiger partial charge in [0.2, 0.25) is 5.91 Å². The molecule has 0 radical (unpaired) electrons. The molecule has 1 saturated carbocycles. The van der Waals surface area contributed by atoms with Gasteiger partial charge in [0.1, 0.15) is 0 Å². The number of carbonyl (C=O) groups excluding carboxylic acids is 1. The van der Waals surface area contributed by atoms with Crippen LogP contribution in [0.5, 0.6) is 0 Å². The Bertz CT molecular complexity index is 505. The third-order valence-corrected chi connectivity index (χ3v) is 5.13. The highest BCUT2D eigenvalue weighted by atomic mass is 35.5. The Hall–Kier alpha value is -1.06. The second kappa shape index (κ2) is 6.37. The molecule has 1 aliphatic carbocycles. The molecule has 114 valence electrons. The van der Waals surface area contributed by atoms with Gasteiger partial charge in [-0.2, -0.15) is 0 Å². The Labute approximate surface area is 131 Å². The number of hydrogen-bond acceptors (Lipinski definition) is 2. The fraction of sp³-hybridized carbons (Fsp3) is 0.588. The van der Waals surface area contributed by atoms with Gasteiger partial charge in [0, 0.05) is 31.2 Å². The predicted octanol–water partition coefficient (Wildman–Crippen LogP) is 2.97. The summed E-state index contributed by atoms with van der Waals surface area (Å²) in [7, 11) is 0. The molecule has 1 aromatic rings. The van der Waals surface area contributed by atoms with Gasteiger partial charge in [-0.3, -0.25) is 4.79 Å². The largest absolute Gasteiger partial charge is 0.339 e. The first-order valence-electron chi connectivity index (χ1n) is 7.98. The minimum atomic E-state index is -0.347. The third kappa shape index (κ3) is 2.95. The molecular weight excluding hydrogens is 284 g/mol. The molecule has 0 unspecified atom stereocenters. The van der Waals surface area contributed by atoms with Crippen molar-refractivity contribution in [1.29, 1.82) is 0 Å². The van der Waals surface area contributed by atoms with Crippen LogP contribution in [0.2, 0.25) is 5.02 Å². The second-order valence-electron chi connectivity index (χ2n) is 6.20. The zero-order valence-electron chi connectivity index (χ0n) is 12.4. The molecule has 1 aromatic carbocycles. The Balaban J connectivity index is 1.94. The monoisotopic (exact) mass is 306 g/mol.